The number of hydrogen-bond donors (Lipinski definition) is 0. The van der Waals surface area contributed by atoms with Crippen LogP contribution in [0.1, 0.15) is 37.9 Å². The molecule has 1 aliphatic carbocycles. The van der Waals surface area contributed by atoms with Crippen molar-refractivity contribution in [1.82, 2.24) is 4.68 Å². The Morgan fingerprint density at radius 2 is 1.91 bits per heavy atom. The van der Waals surface area contributed by atoms with Crippen LogP contribution in [0.15, 0.2) is 68.4 Å². The summed E-state index contributed by atoms with van der Waals surface area (Å²) in [6.45, 7) is 0. The van der Waals surface area contributed by atoms with Gasteiger partial charge in [-0.3, -0.25) is 15.1 Å². The van der Waals surface area contributed by atoms with E-state index < -0.39 is 4.92 Å². The number of nitrogens with zero attached hydrogens (tertiary/aromatic N) is 4. The molecule has 0 radical (unpaired) electrons. The average Bonchev–Trinajstić information content (AvgIpc) is 3.50. The molecular formula is C25H24N4O4S. The molecule has 2 aromatic heterocycles. The normalized spacial score (nSPS) is 15.4. The zero-order valence-electron chi connectivity index (χ0n) is 18.7. The third-order valence-corrected chi connectivity index (χ3v) is 6.82. The van der Waals surface area contributed by atoms with Crippen molar-refractivity contribution in [3.8, 4) is 17.0 Å². The molecule has 0 amide bonds. The first kappa shape index (κ1) is 22.1. The Morgan fingerprint density at radius 3 is 2.68 bits per heavy atom. The van der Waals surface area contributed by atoms with Crippen LogP contribution in [0.4, 0.5) is 5.88 Å². The average molecular weight is 477 g/mol. The molecule has 2 heterocycles. The maximum Gasteiger partial charge on any atom is 0.433 e. The SMILES string of the molecule is COc1ccc2cc(-c3csc(=NC4CCCCC4)n3N=Cc3ccc([N+](=O)[O-])o3)ccc2c1. The highest BCUT2D eigenvalue weighted by Gasteiger charge is 2.15. The number of thiazole rings is 1. The van der Waals surface area contributed by atoms with E-state index in [-0.39, 0.29) is 11.9 Å². The third kappa shape index (κ3) is 4.65. The van der Waals surface area contributed by atoms with Gasteiger partial charge in [-0.25, -0.2) is 4.68 Å². The van der Waals surface area contributed by atoms with E-state index in [9.17, 15) is 10.1 Å². The van der Waals surface area contributed by atoms with Gasteiger partial charge in [-0.2, -0.15) is 5.10 Å². The minimum atomic E-state index is -0.561. The smallest absolute Gasteiger partial charge is 0.433 e. The molecule has 0 aliphatic heterocycles. The number of nitro groups is 1. The Balaban J connectivity index is 1.57. The van der Waals surface area contributed by atoms with Gasteiger partial charge in [0.2, 0.25) is 4.80 Å². The summed E-state index contributed by atoms with van der Waals surface area (Å²) in [5, 5.41) is 19.8. The van der Waals surface area contributed by atoms with Crippen LogP contribution in [-0.2, 0) is 0 Å². The Kier molecular flexibility index (Phi) is 6.27. The fourth-order valence-corrected chi connectivity index (χ4v) is 5.11. The van der Waals surface area contributed by atoms with E-state index in [2.05, 4.69) is 23.3 Å². The van der Waals surface area contributed by atoms with E-state index in [0.29, 0.717) is 5.76 Å². The Bertz CT molecular complexity index is 1430. The molecule has 0 spiro atoms. The number of hydrogen-bond acceptors (Lipinski definition) is 7. The first-order valence-corrected chi connectivity index (χ1v) is 12.1. The lowest BCUT2D eigenvalue weighted by Gasteiger charge is -2.16. The van der Waals surface area contributed by atoms with Crippen molar-refractivity contribution in [3.63, 3.8) is 0 Å². The van der Waals surface area contributed by atoms with E-state index in [4.69, 9.17) is 14.1 Å². The van der Waals surface area contributed by atoms with Crippen LogP contribution < -0.4 is 9.54 Å². The van der Waals surface area contributed by atoms with Crippen LogP contribution in [0.25, 0.3) is 22.0 Å². The van der Waals surface area contributed by atoms with Crippen molar-refractivity contribution in [2.45, 2.75) is 38.1 Å². The number of benzene rings is 2. The van der Waals surface area contributed by atoms with Gasteiger partial charge in [0.25, 0.3) is 0 Å². The number of fused-ring (bicyclic) bond motifs is 1. The standard InChI is InChI=1S/C25H24N4O4S/c1-32-21-10-9-17-13-19(8-7-18(17)14-21)23-16-34-25(27-20-5-3-2-4-6-20)28(23)26-15-22-11-12-24(33-22)29(30)31/h7-16,20H,2-6H2,1H3. The van der Waals surface area contributed by atoms with Crippen molar-refractivity contribution in [2.24, 2.45) is 10.1 Å². The zero-order chi connectivity index (χ0) is 23.5. The van der Waals surface area contributed by atoms with Gasteiger partial charge < -0.3 is 9.15 Å². The topological polar surface area (TPSA) is 95.2 Å². The zero-order valence-corrected chi connectivity index (χ0v) is 19.5. The van der Waals surface area contributed by atoms with E-state index in [1.165, 1.54) is 37.6 Å². The maximum atomic E-state index is 11.0. The molecule has 0 N–H and O–H groups in total. The molecule has 0 atom stereocenters. The van der Waals surface area contributed by atoms with Gasteiger partial charge in [0, 0.05) is 10.9 Å². The second kappa shape index (κ2) is 9.64. The number of rotatable bonds is 6. The van der Waals surface area contributed by atoms with E-state index in [1.807, 2.05) is 23.6 Å². The van der Waals surface area contributed by atoms with Crippen LogP contribution >= 0.6 is 11.3 Å². The predicted molar refractivity (Wildman–Crippen MR) is 133 cm³/mol. The van der Waals surface area contributed by atoms with Gasteiger partial charge in [0.05, 0.1) is 31.1 Å². The van der Waals surface area contributed by atoms with E-state index in [0.717, 1.165) is 45.4 Å². The van der Waals surface area contributed by atoms with Gasteiger partial charge in [-0.05, 0) is 47.9 Å². The summed E-state index contributed by atoms with van der Waals surface area (Å²) in [6, 6.07) is 15.4. The Morgan fingerprint density at radius 1 is 1.12 bits per heavy atom. The molecule has 0 saturated heterocycles. The first-order valence-electron chi connectivity index (χ1n) is 11.2. The number of aromatic nitrogens is 1. The predicted octanol–water partition coefficient (Wildman–Crippen LogP) is 6.00. The molecule has 0 bridgehead atoms. The molecule has 8 nitrogen and oxygen atoms in total. The second-order valence-electron chi connectivity index (χ2n) is 8.24. The molecule has 174 valence electrons. The van der Waals surface area contributed by atoms with Gasteiger partial charge in [0.15, 0.2) is 5.76 Å². The van der Waals surface area contributed by atoms with Crippen LogP contribution in [-0.4, -0.2) is 29.0 Å². The van der Waals surface area contributed by atoms with Gasteiger partial charge in [-0.1, -0.05) is 37.5 Å². The minimum Gasteiger partial charge on any atom is -0.497 e. The number of furan rings is 1. The van der Waals surface area contributed by atoms with Crippen molar-refractivity contribution < 1.29 is 14.1 Å². The minimum absolute atomic E-state index is 0.287. The fraction of sp³-hybridized carbons (Fsp3) is 0.280. The molecule has 34 heavy (non-hydrogen) atoms. The quantitative estimate of drug-likeness (QED) is 0.194. The molecular weight excluding hydrogens is 452 g/mol. The van der Waals surface area contributed by atoms with E-state index in [1.54, 1.807) is 23.1 Å². The summed E-state index contributed by atoms with van der Waals surface area (Å²) in [7, 11) is 1.66. The summed E-state index contributed by atoms with van der Waals surface area (Å²) in [5.74, 6) is 0.816. The lowest BCUT2D eigenvalue weighted by molar-refractivity contribution is -0.402. The Labute approximate surface area is 200 Å². The molecule has 1 aliphatic rings. The second-order valence-corrected chi connectivity index (χ2v) is 9.08. The summed E-state index contributed by atoms with van der Waals surface area (Å²) < 4.78 is 12.4. The maximum absolute atomic E-state index is 11.0. The molecule has 2 aromatic carbocycles. The van der Waals surface area contributed by atoms with Crippen LogP contribution in [0, 0.1) is 10.1 Å². The molecule has 1 saturated carbocycles. The monoisotopic (exact) mass is 476 g/mol. The first-order chi connectivity index (χ1) is 16.6. The summed E-state index contributed by atoms with van der Waals surface area (Å²) >= 11 is 1.55. The van der Waals surface area contributed by atoms with Crippen molar-refractivity contribution >= 4 is 34.2 Å². The molecule has 9 heteroatoms. The summed E-state index contributed by atoms with van der Waals surface area (Å²) in [6.07, 6.45) is 7.31. The Hall–Kier alpha value is -3.72. The summed E-state index contributed by atoms with van der Waals surface area (Å²) in [5.41, 5.74) is 1.90. The van der Waals surface area contributed by atoms with Gasteiger partial charge in [0.1, 0.15) is 10.7 Å². The molecule has 0 unspecified atom stereocenters. The molecule has 1 fully saturated rings. The van der Waals surface area contributed by atoms with Crippen LogP contribution in [0.5, 0.6) is 5.75 Å². The lowest BCUT2D eigenvalue weighted by atomic mass is 9.96. The third-order valence-electron chi connectivity index (χ3n) is 5.99. The number of methoxy groups -OCH3 is 1. The van der Waals surface area contributed by atoms with Gasteiger partial charge in [-0.15, -0.1) is 11.3 Å². The van der Waals surface area contributed by atoms with Gasteiger partial charge >= 0.3 is 5.88 Å². The van der Waals surface area contributed by atoms with Crippen LogP contribution in [0.2, 0.25) is 0 Å². The van der Waals surface area contributed by atoms with Crippen molar-refractivity contribution in [2.75, 3.05) is 7.11 Å². The highest BCUT2D eigenvalue weighted by atomic mass is 32.1. The van der Waals surface area contributed by atoms with Crippen LogP contribution in [0.3, 0.4) is 0 Å². The highest BCUT2D eigenvalue weighted by molar-refractivity contribution is 7.07. The van der Waals surface area contributed by atoms with Crippen molar-refractivity contribution in [1.29, 1.82) is 0 Å². The molecule has 4 aromatic rings. The lowest BCUT2D eigenvalue weighted by Crippen LogP contribution is -2.18. The van der Waals surface area contributed by atoms with Crippen molar-refractivity contribution in [3.05, 3.63) is 74.6 Å². The largest absolute Gasteiger partial charge is 0.497 e. The molecule has 5 rings (SSSR count). The van der Waals surface area contributed by atoms with E-state index >= 15 is 0 Å². The number of ether oxygens (including phenoxy) is 1. The fourth-order valence-electron chi connectivity index (χ4n) is 4.20. The highest BCUT2D eigenvalue weighted by Crippen LogP contribution is 2.28. The summed E-state index contributed by atoms with van der Waals surface area (Å²) in [4.78, 5) is 16.2.